The van der Waals surface area contributed by atoms with E-state index in [1.54, 1.807) is 6.20 Å². The number of benzene rings is 1. The molecule has 2 aromatic rings. The van der Waals surface area contributed by atoms with E-state index in [0.717, 1.165) is 56.3 Å². The molecule has 5 N–H and O–H groups in total. The number of nitrogens with zero attached hydrogens (tertiary/aromatic N) is 1. The molecule has 4 rings (SSSR count). The van der Waals surface area contributed by atoms with Gasteiger partial charge in [-0.1, -0.05) is 68.9 Å². The molecule has 8 heteroatoms. The molecule has 0 bridgehead atoms. The molecule has 0 saturated heterocycles. The van der Waals surface area contributed by atoms with E-state index < -0.39 is 0 Å². The predicted octanol–water partition coefficient (Wildman–Crippen LogP) is 5.21. The first-order valence-corrected chi connectivity index (χ1v) is 18.3. The molecule has 0 radical (unpaired) electrons. The molecule has 2 saturated carbocycles. The molecule has 254 valence electrons. The normalized spacial score (nSPS) is 16.7. The Morgan fingerprint density at radius 1 is 0.717 bits per heavy atom. The van der Waals surface area contributed by atoms with E-state index in [2.05, 4.69) is 55.8 Å². The number of carbonyl (C=O) groups excluding carboxylic acids is 2. The average Bonchev–Trinajstić information content (AvgIpc) is 3.10. The van der Waals surface area contributed by atoms with Gasteiger partial charge in [-0.25, -0.2) is 0 Å². The van der Waals surface area contributed by atoms with E-state index in [9.17, 15) is 9.59 Å². The summed E-state index contributed by atoms with van der Waals surface area (Å²) in [7, 11) is 0. The van der Waals surface area contributed by atoms with Gasteiger partial charge in [-0.15, -0.1) is 0 Å². The van der Waals surface area contributed by atoms with Crippen molar-refractivity contribution < 1.29 is 9.59 Å². The number of hydrogen-bond donors (Lipinski definition) is 5. The maximum Gasteiger partial charge on any atom is 0.223 e. The highest BCUT2D eigenvalue weighted by Crippen LogP contribution is 2.19. The number of pyridine rings is 1. The number of hydrogen-bond acceptors (Lipinski definition) is 7. The smallest absolute Gasteiger partial charge is 0.223 e. The molecule has 46 heavy (non-hydrogen) atoms. The molecular formula is C38H60N6O2. The summed E-state index contributed by atoms with van der Waals surface area (Å²) in [5, 5.41) is 17.3. The third-order valence-electron chi connectivity index (χ3n) is 9.59. The van der Waals surface area contributed by atoms with Crippen molar-refractivity contribution >= 4 is 11.7 Å². The lowest BCUT2D eigenvalue weighted by molar-refractivity contribution is -0.125. The standard InChI is InChI=1S/C38H60N6O2/c45-37(30-40-29-36-15-7-8-23-43-36)21-20-33(38(46)44-26-10-25-42-35-13-5-2-6-14-35)27-31-16-18-32(19-17-31)28-39-22-9-24-41-34-11-3-1-4-12-34/h7-8,15-19,23,33-35,39-42H,1-6,9-14,20-22,24-30H2,(H,44,46)/t33-/m1/s1. The highest BCUT2D eigenvalue weighted by Gasteiger charge is 2.20. The van der Waals surface area contributed by atoms with Crippen LogP contribution >= 0.6 is 0 Å². The van der Waals surface area contributed by atoms with E-state index in [4.69, 9.17) is 0 Å². The van der Waals surface area contributed by atoms with Crippen molar-refractivity contribution in [2.24, 2.45) is 5.92 Å². The summed E-state index contributed by atoms with van der Waals surface area (Å²) in [5.74, 6) is -0.0491. The van der Waals surface area contributed by atoms with Crippen LogP contribution in [0.4, 0.5) is 0 Å². The molecule has 2 fully saturated rings. The molecule has 1 aromatic carbocycles. The molecule has 1 amide bonds. The molecule has 1 aromatic heterocycles. The molecule has 1 atom stereocenters. The summed E-state index contributed by atoms with van der Waals surface area (Å²) < 4.78 is 0. The quantitative estimate of drug-likeness (QED) is 0.114. The van der Waals surface area contributed by atoms with Crippen LogP contribution in [0.2, 0.25) is 0 Å². The topological polar surface area (TPSA) is 107 Å². The van der Waals surface area contributed by atoms with Crippen molar-refractivity contribution in [3.63, 3.8) is 0 Å². The first-order chi connectivity index (χ1) is 22.7. The van der Waals surface area contributed by atoms with Gasteiger partial charge in [0.2, 0.25) is 5.91 Å². The summed E-state index contributed by atoms with van der Waals surface area (Å²) in [5.41, 5.74) is 3.31. The Morgan fingerprint density at radius 3 is 2.02 bits per heavy atom. The molecule has 0 spiro atoms. The van der Waals surface area contributed by atoms with Crippen LogP contribution in [0.1, 0.15) is 107 Å². The van der Waals surface area contributed by atoms with Crippen molar-refractivity contribution in [3.8, 4) is 0 Å². The summed E-state index contributed by atoms with van der Waals surface area (Å²) in [6.07, 6.45) is 18.7. The fourth-order valence-electron chi connectivity index (χ4n) is 6.78. The zero-order chi connectivity index (χ0) is 32.1. The SMILES string of the molecule is O=C(CC[C@H](Cc1ccc(CNCCCNC2CCCCC2)cc1)C(=O)NCCCNC1CCCCC1)CNCc1ccccn1. The lowest BCUT2D eigenvalue weighted by Gasteiger charge is -2.23. The van der Waals surface area contributed by atoms with Crippen molar-refractivity contribution in [1.29, 1.82) is 0 Å². The van der Waals surface area contributed by atoms with Gasteiger partial charge < -0.3 is 26.6 Å². The zero-order valence-corrected chi connectivity index (χ0v) is 28.2. The van der Waals surface area contributed by atoms with Crippen molar-refractivity contribution in [3.05, 3.63) is 65.5 Å². The lowest BCUT2D eigenvalue weighted by atomic mass is 9.92. The van der Waals surface area contributed by atoms with Crippen LogP contribution < -0.4 is 26.6 Å². The van der Waals surface area contributed by atoms with Gasteiger partial charge in [0.15, 0.2) is 0 Å². The Bertz CT molecular complexity index is 1100. The van der Waals surface area contributed by atoms with Gasteiger partial charge >= 0.3 is 0 Å². The van der Waals surface area contributed by atoms with Gasteiger partial charge in [0, 0.05) is 50.3 Å². The van der Waals surface area contributed by atoms with Gasteiger partial charge in [0.1, 0.15) is 5.78 Å². The maximum absolute atomic E-state index is 13.3. The first-order valence-electron chi connectivity index (χ1n) is 18.3. The van der Waals surface area contributed by atoms with Gasteiger partial charge in [-0.3, -0.25) is 14.6 Å². The Kier molecular flexibility index (Phi) is 17.3. The van der Waals surface area contributed by atoms with Crippen LogP contribution in [0.3, 0.4) is 0 Å². The third kappa shape index (κ3) is 14.8. The monoisotopic (exact) mass is 632 g/mol. The number of carbonyl (C=O) groups is 2. The van der Waals surface area contributed by atoms with Gasteiger partial charge in [-0.2, -0.15) is 0 Å². The average molecular weight is 633 g/mol. The largest absolute Gasteiger partial charge is 0.356 e. The van der Waals surface area contributed by atoms with Gasteiger partial charge in [0.25, 0.3) is 0 Å². The zero-order valence-electron chi connectivity index (χ0n) is 28.2. The number of Topliss-reactive ketones (excluding diaryl/α,β-unsaturated/α-hetero) is 1. The van der Waals surface area contributed by atoms with Crippen LogP contribution in [0.25, 0.3) is 0 Å². The summed E-state index contributed by atoms with van der Waals surface area (Å²) in [6, 6.07) is 15.8. The maximum atomic E-state index is 13.3. The van der Waals surface area contributed by atoms with Crippen LogP contribution in [0.5, 0.6) is 0 Å². The fraction of sp³-hybridized carbons (Fsp3) is 0.658. The number of amides is 1. The predicted molar refractivity (Wildman–Crippen MR) is 188 cm³/mol. The molecule has 8 nitrogen and oxygen atoms in total. The highest BCUT2D eigenvalue weighted by atomic mass is 16.2. The third-order valence-corrected chi connectivity index (χ3v) is 9.59. The number of aromatic nitrogens is 1. The molecular weight excluding hydrogens is 572 g/mol. The summed E-state index contributed by atoms with van der Waals surface area (Å²) in [6.45, 7) is 5.38. The van der Waals surface area contributed by atoms with Gasteiger partial charge in [0.05, 0.1) is 12.2 Å². The fourth-order valence-corrected chi connectivity index (χ4v) is 6.78. The molecule has 0 aliphatic heterocycles. The Labute approximate surface area is 278 Å². The second kappa shape index (κ2) is 22.0. The van der Waals surface area contributed by atoms with E-state index in [1.807, 2.05) is 18.2 Å². The highest BCUT2D eigenvalue weighted by molar-refractivity contribution is 5.82. The van der Waals surface area contributed by atoms with Crippen LogP contribution in [0, 0.1) is 5.92 Å². The van der Waals surface area contributed by atoms with Crippen molar-refractivity contribution in [1.82, 2.24) is 31.6 Å². The molecule has 1 heterocycles. The Balaban J connectivity index is 1.18. The second-order valence-electron chi connectivity index (χ2n) is 13.5. The lowest BCUT2D eigenvalue weighted by Crippen LogP contribution is -2.36. The molecule has 2 aliphatic carbocycles. The second-order valence-corrected chi connectivity index (χ2v) is 13.5. The van der Waals surface area contributed by atoms with Gasteiger partial charge in [-0.05, 0) is 94.3 Å². The van der Waals surface area contributed by atoms with E-state index in [1.165, 1.54) is 69.8 Å². The van der Waals surface area contributed by atoms with E-state index >= 15 is 0 Å². The minimum atomic E-state index is -0.230. The van der Waals surface area contributed by atoms with E-state index in [0.29, 0.717) is 38.4 Å². The summed E-state index contributed by atoms with van der Waals surface area (Å²) in [4.78, 5) is 30.4. The first kappa shape index (κ1) is 36.2. The number of ketones is 1. The van der Waals surface area contributed by atoms with Crippen molar-refractivity contribution in [2.45, 2.75) is 121 Å². The summed E-state index contributed by atoms with van der Waals surface area (Å²) >= 11 is 0. The van der Waals surface area contributed by atoms with Crippen molar-refractivity contribution in [2.75, 3.05) is 32.7 Å². The minimum Gasteiger partial charge on any atom is -0.356 e. The molecule has 0 unspecified atom stereocenters. The van der Waals surface area contributed by atoms with Crippen LogP contribution in [0.15, 0.2) is 48.7 Å². The minimum absolute atomic E-state index is 0.0551. The van der Waals surface area contributed by atoms with E-state index in [-0.39, 0.29) is 24.2 Å². The Morgan fingerprint density at radius 2 is 1.37 bits per heavy atom. The van der Waals surface area contributed by atoms with Crippen LogP contribution in [-0.4, -0.2) is 61.5 Å². The molecule has 2 aliphatic rings. The number of nitrogens with one attached hydrogen (secondary N) is 5. The van der Waals surface area contributed by atoms with Crippen LogP contribution in [-0.2, 0) is 29.1 Å². The number of rotatable bonds is 22. The Hall–Kier alpha value is -2.65.